The molecule has 0 aliphatic carbocycles. The fraction of sp³-hybridized carbons (Fsp3) is 0.250. The van der Waals surface area contributed by atoms with Gasteiger partial charge in [-0.1, -0.05) is 27.6 Å². The van der Waals surface area contributed by atoms with E-state index in [-0.39, 0.29) is 6.54 Å². The van der Waals surface area contributed by atoms with Crippen LogP contribution < -0.4 is 0 Å². The van der Waals surface area contributed by atoms with Crippen LogP contribution in [0.15, 0.2) is 29.4 Å². The molecular formula is C12H12N6O4. The standard InChI is InChI=1S/C12H12N6O4/c1-8-3-5-10(6-4-8)11(19)22-15-9(2)7-17-14-12(13-16-17)18(20)21/h3-6H,7H2,1-2H3/b15-9-. The first-order chi connectivity index (χ1) is 10.5. The van der Waals surface area contributed by atoms with Crippen molar-refractivity contribution < 1.29 is 14.6 Å². The molecule has 114 valence electrons. The minimum absolute atomic E-state index is 0.0159. The van der Waals surface area contributed by atoms with Crippen LogP contribution in [0.25, 0.3) is 0 Å². The van der Waals surface area contributed by atoms with Gasteiger partial charge in [-0.2, -0.15) is 0 Å². The van der Waals surface area contributed by atoms with Gasteiger partial charge in [0.05, 0.1) is 21.5 Å². The van der Waals surface area contributed by atoms with E-state index in [2.05, 4.69) is 20.6 Å². The van der Waals surface area contributed by atoms with Crippen LogP contribution in [0.2, 0.25) is 0 Å². The van der Waals surface area contributed by atoms with Gasteiger partial charge in [0, 0.05) is 5.21 Å². The third kappa shape index (κ3) is 3.91. The van der Waals surface area contributed by atoms with Gasteiger partial charge in [0.25, 0.3) is 0 Å². The molecule has 2 rings (SSSR count). The van der Waals surface area contributed by atoms with E-state index in [1.807, 2.05) is 6.92 Å². The topological polar surface area (TPSA) is 125 Å². The van der Waals surface area contributed by atoms with E-state index in [1.165, 1.54) is 0 Å². The first kappa shape index (κ1) is 15.2. The average Bonchev–Trinajstić information content (AvgIpc) is 2.94. The van der Waals surface area contributed by atoms with Crippen molar-refractivity contribution in [3.63, 3.8) is 0 Å². The van der Waals surface area contributed by atoms with Crippen LogP contribution in [0.4, 0.5) is 5.95 Å². The third-order valence-electron chi connectivity index (χ3n) is 2.55. The fourth-order valence-electron chi connectivity index (χ4n) is 1.47. The normalized spacial score (nSPS) is 11.3. The van der Waals surface area contributed by atoms with Crippen LogP contribution in [0.3, 0.4) is 0 Å². The van der Waals surface area contributed by atoms with Gasteiger partial charge in [-0.3, -0.25) is 0 Å². The zero-order valence-corrected chi connectivity index (χ0v) is 11.8. The lowest BCUT2D eigenvalue weighted by Gasteiger charge is -2.00. The fourth-order valence-corrected chi connectivity index (χ4v) is 1.47. The van der Waals surface area contributed by atoms with Gasteiger partial charge in [0.2, 0.25) is 0 Å². The summed E-state index contributed by atoms with van der Waals surface area (Å²) in [7, 11) is 0. The Balaban J connectivity index is 1.95. The van der Waals surface area contributed by atoms with Gasteiger partial charge >= 0.3 is 11.9 Å². The number of hydrogen-bond donors (Lipinski definition) is 0. The number of nitrogens with zero attached hydrogens (tertiary/aromatic N) is 6. The number of aryl methyl sites for hydroxylation is 1. The Morgan fingerprint density at radius 2 is 2.09 bits per heavy atom. The molecule has 0 spiro atoms. The van der Waals surface area contributed by atoms with Crippen LogP contribution in [0.5, 0.6) is 0 Å². The highest BCUT2D eigenvalue weighted by molar-refractivity contribution is 5.90. The van der Waals surface area contributed by atoms with Crippen LogP contribution in [0.1, 0.15) is 22.8 Å². The molecule has 0 bridgehead atoms. The lowest BCUT2D eigenvalue weighted by Crippen LogP contribution is -2.12. The molecule has 0 saturated heterocycles. The molecule has 1 heterocycles. The molecule has 10 heteroatoms. The molecular weight excluding hydrogens is 292 g/mol. The molecule has 0 aliphatic heterocycles. The highest BCUT2D eigenvalue weighted by atomic mass is 16.7. The van der Waals surface area contributed by atoms with E-state index in [0.717, 1.165) is 10.4 Å². The quantitative estimate of drug-likeness (QED) is 0.350. The molecule has 1 aromatic carbocycles. The molecule has 0 aliphatic rings. The molecule has 0 N–H and O–H groups in total. The van der Waals surface area contributed by atoms with Crippen LogP contribution >= 0.6 is 0 Å². The molecule has 1 aromatic heterocycles. The number of carbonyl (C=O) groups is 1. The summed E-state index contributed by atoms with van der Waals surface area (Å²) in [5.41, 5.74) is 1.75. The first-order valence-electron chi connectivity index (χ1n) is 6.19. The number of hydrogen-bond acceptors (Lipinski definition) is 8. The molecule has 2 aromatic rings. The monoisotopic (exact) mass is 304 g/mol. The van der Waals surface area contributed by atoms with Gasteiger partial charge in [-0.05, 0) is 30.9 Å². The minimum atomic E-state index is -0.757. The summed E-state index contributed by atoms with van der Waals surface area (Å²) in [5, 5.41) is 24.3. The Kier molecular flexibility index (Phi) is 4.51. The SMILES string of the molecule is C/C(Cn1nnc([N+](=O)[O-])n1)=N/OC(=O)c1ccc(C)cc1. The molecule has 0 atom stereocenters. The second-order valence-electron chi connectivity index (χ2n) is 4.45. The molecule has 0 unspecified atom stereocenters. The van der Waals surface area contributed by atoms with Crippen molar-refractivity contribution in [1.29, 1.82) is 0 Å². The Labute approximate surface area is 124 Å². The van der Waals surface area contributed by atoms with E-state index in [4.69, 9.17) is 4.84 Å². The number of benzene rings is 1. The van der Waals surface area contributed by atoms with Crippen LogP contribution in [-0.2, 0) is 11.4 Å². The molecule has 10 nitrogen and oxygen atoms in total. The number of tetrazole rings is 1. The molecule has 0 fully saturated rings. The minimum Gasteiger partial charge on any atom is -0.390 e. The lowest BCUT2D eigenvalue weighted by molar-refractivity contribution is -0.394. The first-order valence-corrected chi connectivity index (χ1v) is 6.19. The number of nitro groups is 1. The van der Waals surface area contributed by atoms with E-state index < -0.39 is 16.8 Å². The maximum atomic E-state index is 11.7. The van der Waals surface area contributed by atoms with Crippen molar-refractivity contribution >= 4 is 17.6 Å². The number of carbonyl (C=O) groups excluding carboxylic acids is 1. The van der Waals surface area contributed by atoms with Crippen molar-refractivity contribution in [2.75, 3.05) is 0 Å². The summed E-state index contributed by atoms with van der Waals surface area (Å²) in [4.78, 5) is 27.2. The second kappa shape index (κ2) is 6.52. The van der Waals surface area contributed by atoms with Gasteiger partial charge < -0.3 is 15.0 Å². The van der Waals surface area contributed by atoms with Crippen LogP contribution in [-0.4, -0.2) is 36.8 Å². The lowest BCUT2D eigenvalue weighted by atomic mass is 10.2. The van der Waals surface area contributed by atoms with Gasteiger partial charge in [-0.25, -0.2) is 4.79 Å². The van der Waals surface area contributed by atoms with E-state index in [0.29, 0.717) is 11.3 Å². The van der Waals surface area contributed by atoms with Gasteiger partial charge in [0.1, 0.15) is 6.54 Å². The summed E-state index contributed by atoms with van der Waals surface area (Å²) < 4.78 is 0. The van der Waals surface area contributed by atoms with Crippen molar-refractivity contribution in [2.24, 2.45) is 5.16 Å². The summed E-state index contributed by atoms with van der Waals surface area (Å²) in [6, 6.07) is 6.83. The van der Waals surface area contributed by atoms with Crippen molar-refractivity contribution in [3.05, 3.63) is 45.5 Å². The van der Waals surface area contributed by atoms with E-state index >= 15 is 0 Å². The summed E-state index contributed by atoms with van der Waals surface area (Å²) in [6.07, 6.45) is 0. The van der Waals surface area contributed by atoms with Crippen molar-refractivity contribution in [1.82, 2.24) is 20.2 Å². The Hall–Kier alpha value is -3.17. The summed E-state index contributed by atoms with van der Waals surface area (Å²) in [6.45, 7) is 3.49. The summed E-state index contributed by atoms with van der Waals surface area (Å²) >= 11 is 0. The Morgan fingerprint density at radius 1 is 1.41 bits per heavy atom. The molecule has 22 heavy (non-hydrogen) atoms. The van der Waals surface area contributed by atoms with E-state index in [9.17, 15) is 14.9 Å². The predicted molar refractivity (Wildman–Crippen MR) is 74.2 cm³/mol. The average molecular weight is 304 g/mol. The van der Waals surface area contributed by atoms with Gasteiger partial charge in [-0.15, -0.1) is 0 Å². The Morgan fingerprint density at radius 3 is 2.68 bits per heavy atom. The third-order valence-corrected chi connectivity index (χ3v) is 2.55. The van der Waals surface area contributed by atoms with Crippen molar-refractivity contribution in [2.45, 2.75) is 20.4 Å². The number of aromatic nitrogens is 4. The maximum absolute atomic E-state index is 11.7. The molecule has 0 amide bonds. The number of oxime groups is 1. The summed E-state index contributed by atoms with van der Waals surface area (Å²) in [5.74, 6) is -1.21. The molecule has 0 saturated carbocycles. The second-order valence-corrected chi connectivity index (χ2v) is 4.45. The highest BCUT2D eigenvalue weighted by Crippen LogP contribution is 2.05. The highest BCUT2D eigenvalue weighted by Gasteiger charge is 2.16. The van der Waals surface area contributed by atoms with Crippen molar-refractivity contribution in [3.8, 4) is 0 Å². The molecule has 0 radical (unpaired) electrons. The smallest absolute Gasteiger partial charge is 0.390 e. The number of rotatable bonds is 5. The predicted octanol–water partition coefficient (Wildman–Crippen LogP) is 1.12. The van der Waals surface area contributed by atoms with E-state index in [1.54, 1.807) is 31.2 Å². The van der Waals surface area contributed by atoms with Gasteiger partial charge in [0.15, 0.2) is 0 Å². The zero-order valence-electron chi connectivity index (χ0n) is 11.8. The van der Waals surface area contributed by atoms with Crippen LogP contribution in [0, 0.1) is 17.0 Å². The maximum Gasteiger partial charge on any atom is 0.514 e. The largest absolute Gasteiger partial charge is 0.514 e. The zero-order chi connectivity index (χ0) is 16.1. The Bertz CT molecular complexity index is 721.